The van der Waals surface area contributed by atoms with Crippen molar-refractivity contribution in [1.82, 2.24) is 0 Å². The van der Waals surface area contributed by atoms with Gasteiger partial charge in [-0.05, 0) is 24.6 Å². The summed E-state index contributed by atoms with van der Waals surface area (Å²) in [6, 6.07) is 3.12. The summed E-state index contributed by atoms with van der Waals surface area (Å²) in [6.07, 6.45) is -5.67. The molecule has 0 aliphatic rings. The normalized spacial score (nSPS) is 11.3. The van der Waals surface area contributed by atoms with E-state index in [4.69, 9.17) is 5.73 Å². The SMILES string of the molecule is Nc1ccc(F)cc1C(=O)OCCCC(F)(F)F. The summed E-state index contributed by atoms with van der Waals surface area (Å²) in [4.78, 5) is 11.4. The van der Waals surface area contributed by atoms with E-state index in [0.29, 0.717) is 0 Å². The van der Waals surface area contributed by atoms with Gasteiger partial charge >= 0.3 is 12.1 Å². The number of hydrogen-bond acceptors (Lipinski definition) is 3. The first kappa shape index (κ1) is 14.3. The molecule has 0 radical (unpaired) electrons. The van der Waals surface area contributed by atoms with E-state index in [9.17, 15) is 22.4 Å². The predicted octanol–water partition coefficient (Wildman–Crippen LogP) is 2.91. The second-order valence-electron chi connectivity index (χ2n) is 3.59. The van der Waals surface area contributed by atoms with Crippen LogP contribution in [0.1, 0.15) is 23.2 Å². The molecule has 0 fully saturated rings. The highest BCUT2D eigenvalue weighted by atomic mass is 19.4. The van der Waals surface area contributed by atoms with Gasteiger partial charge in [0.15, 0.2) is 0 Å². The highest BCUT2D eigenvalue weighted by molar-refractivity contribution is 5.95. The van der Waals surface area contributed by atoms with Crippen molar-refractivity contribution in [1.29, 1.82) is 0 Å². The topological polar surface area (TPSA) is 52.3 Å². The smallest absolute Gasteiger partial charge is 0.389 e. The molecule has 0 atom stereocenters. The number of halogens is 4. The lowest BCUT2D eigenvalue weighted by molar-refractivity contribution is -0.137. The summed E-state index contributed by atoms with van der Waals surface area (Å²) < 4.78 is 52.8. The quantitative estimate of drug-likeness (QED) is 0.394. The van der Waals surface area contributed by atoms with E-state index in [2.05, 4.69) is 4.74 Å². The Bertz CT molecular complexity index is 432. The molecular formula is C11H11F4NO2. The van der Waals surface area contributed by atoms with E-state index in [0.717, 1.165) is 12.1 Å². The number of carbonyl (C=O) groups excluding carboxylic acids is 1. The van der Waals surface area contributed by atoms with Gasteiger partial charge in [0.05, 0.1) is 12.2 Å². The largest absolute Gasteiger partial charge is 0.462 e. The Morgan fingerprint density at radius 3 is 2.61 bits per heavy atom. The van der Waals surface area contributed by atoms with Crippen LogP contribution < -0.4 is 5.73 Å². The molecule has 100 valence electrons. The van der Waals surface area contributed by atoms with Gasteiger partial charge in [-0.15, -0.1) is 0 Å². The Morgan fingerprint density at radius 2 is 2.00 bits per heavy atom. The summed E-state index contributed by atoms with van der Waals surface area (Å²) in [5, 5.41) is 0. The minimum atomic E-state index is -4.29. The zero-order chi connectivity index (χ0) is 13.8. The molecule has 0 aliphatic heterocycles. The standard InChI is InChI=1S/C11H11F4NO2/c12-7-2-3-9(16)8(6-7)10(17)18-5-1-4-11(13,14)15/h2-3,6H,1,4-5,16H2. The first-order valence-electron chi connectivity index (χ1n) is 5.08. The summed E-state index contributed by atoms with van der Waals surface area (Å²) in [6.45, 7) is -0.395. The van der Waals surface area contributed by atoms with Crippen LogP contribution in [-0.4, -0.2) is 18.8 Å². The van der Waals surface area contributed by atoms with Gasteiger partial charge in [-0.1, -0.05) is 0 Å². The van der Waals surface area contributed by atoms with Crippen LogP contribution in [0.3, 0.4) is 0 Å². The Morgan fingerprint density at radius 1 is 1.33 bits per heavy atom. The second-order valence-corrected chi connectivity index (χ2v) is 3.59. The van der Waals surface area contributed by atoms with Gasteiger partial charge in [0.1, 0.15) is 5.82 Å². The van der Waals surface area contributed by atoms with Crippen molar-refractivity contribution < 1.29 is 27.1 Å². The number of ether oxygens (including phenoxy) is 1. The lowest BCUT2D eigenvalue weighted by Crippen LogP contribution is -2.12. The third-order valence-corrected chi connectivity index (χ3v) is 2.07. The molecule has 3 nitrogen and oxygen atoms in total. The minimum absolute atomic E-state index is 0.0113. The highest BCUT2D eigenvalue weighted by Crippen LogP contribution is 2.21. The van der Waals surface area contributed by atoms with Crippen LogP contribution in [0.15, 0.2) is 18.2 Å². The first-order chi connectivity index (χ1) is 8.29. The van der Waals surface area contributed by atoms with Crippen LogP contribution in [0.2, 0.25) is 0 Å². The molecule has 0 heterocycles. The Labute approximate surface area is 101 Å². The summed E-state index contributed by atoms with van der Waals surface area (Å²) in [5.74, 6) is -1.61. The lowest BCUT2D eigenvalue weighted by Gasteiger charge is -2.08. The second kappa shape index (κ2) is 5.70. The summed E-state index contributed by atoms with van der Waals surface area (Å²) >= 11 is 0. The Balaban J connectivity index is 2.48. The first-order valence-corrected chi connectivity index (χ1v) is 5.08. The van der Waals surface area contributed by atoms with Crippen molar-refractivity contribution in [2.75, 3.05) is 12.3 Å². The molecule has 1 aromatic rings. The zero-order valence-electron chi connectivity index (χ0n) is 9.26. The van der Waals surface area contributed by atoms with Gasteiger partial charge in [0.25, 0.3) is 0 Å². The van der Waals surface area contributed by atoms with Crippen LogP contribution in [0, 0.1) is 5.82 Å². The molecule has 0 saturated heterocycles. The van der Waals surface area contributed by atoms with Gasteiger partial charge < -0.3 is 10.5 Å². The number of carbonyl (C=O) groups is 1. The average Bonchev–Trinajstić information content (AvgIpc) is 2.26. The summed E-state index contributed by atoms with van der Waals surface area (Å²) in [7, 11) is 0. The molecule has 18 heavy (non-hydrogen) atoms. The molecular weight excluding hydrogens is 254 g/mol. The molecule has 0 saturated carbocycles. The lowest BCUT2D eigenvalue weighted by atomic mass is 10.2. The van der Waals surface area contributed by atoms with Gasteiger partial charge in [-0.3, -0.25) is 0 Å². The van der Waals surface area contributed by atoms with Crippen LogP contribution in [0.25, 0.3) is 0 Å². The van der Waals surface area contributed by atoms with Gasteiger partial charge in [-0.2, -0.15) is 13.2 Å². The van der Waals surface area contributed by atoms with E-state index in [1.807, 2.05) is 0 Å². The molecule has 0 spiro atoms. The van der Waals surface area contributed by atoms with Crippen molar-refractivity contribution in [3.8, 4) is 0 Å². The Hall–Kier alpha value is -1.79. The molecule has 0 aromatic heterocycles. The zero-order valence-corrected chi connectivity index (χ0v) is 9.26. The maximum absolute atomic E-state index is 12.8. The fourth-order valence-corrected chi connectivity index (χ4v) is 1.22. The van der Waals surface area contributed by atoms with E-state index in [1.165, 1.54) is 6.07 Å². The average molecular weight is 265 g/mol. The molecule has 0 aliphatic carbocycles. The third-order valence-electron chi connectivity index (χ3n) is 2.07. The molecule has 7 heteroatoms. The van der Waals surface area contributed by atoms with Crippen molar-refractivity contribution in [3.05, 3.63) is 29.6 Å². The van der Waals surface area contributed by atoms with Gasteiger partial charge in [-0.25, -0.2) is 9.18 Å². The maximum atomic E-state index is 12.8. The number of rotatable bonds is 4. The number of esters is 1. The molecule has 1 aromatic carbocycles. The van der Waals surface area contributed by atoms with Crippen molar-refractivity contribution in [3.63, 3.8) is 0 Å². The molecule has 0 unspecified atom stereocenters. The fourth-order valence-electron chi connectivity index (χ4n) is 1.22. The Kier molecular flexibility index (Phi) is 4.52. The van der Waals surface area contributed by atoms with E-state index in [1.54, 1.807) is 0 Å². The van der Waals surface area contributed by atoms with Crippen LogP contribution in [-0.2, 0) is 4.74 Å². The number of alkyl halides is 3. The van der Waals surface area contributed by atoms with Crippen LogP contribution in [0.4, 0.5) is 23.2 Å². The van der Waals surface area contributed by atoms with Gasteiger partial charge in [0, 0.05) is 12.1 Å². The minimum Gasteiger partial charge on any atom is -0.462 e. The number of hydrogen-bond donors (Lipinski definition) is 1. The highest BCUT2D eigenvalue weighted by Gasteiger charge is 2.26. The molecule has 1 rings (SSSR count). The van der Waals surface area contributed by atoms with E-state index >= 15 is 0 Å². The van der Waals surface area contributed by atoms with Crippen molar-refractivity contribution in [2.24, 2.45) is 0 Å². The fraction of sp³-hybridized carbons (Fsp3) is 0.364. The van der Waals surface area contributed by atoms with Crippen LogP contribution in [0.5, 0.6) is 0 Å². The summed E-state index contributed by atoms with van der Waals surface area (Å²) in [5.41, 5.74) is 5.24. The van der Waals surface area contributed by atoms with Crippen molar-refractivity contribution in [2.45, 2.75) is 19.0 Å². The maximum Gasteiger partial charge on any atom is 0.389 e. The molecule has 0 amide bonds. The number of anilines is 1. The van der Waals surface area contributed by atoms with Crippen molar-refractivity contribution >= 4 is 11.7 Å². The number of nitrogens with two attached hydrogens (primary N) is 1. The molecule has 0 bridgehead atoms. The predicted molar refractivity (Wildman–Crippen MR) is 56.4 cm³/mol. The van der Waals surface area contributed by atoms with E-state index < -0.39 is 31.0 Å². The number of benzene rings is 1. The van der Waals surface area contributed by atoms with Gasteiger partial charge in [0.2, 0.25) is 0 Å². The van der Waals surface area contributed by atoms with E-state index in [-0.39, 0.29) is 17.7 Å². The molecule has 2 N–H and O–H groups in total. The van der Waals surface area contributed by atoms with Crippen LogP contribution >= 0.6 is 0 Å². The monoisotopic (exact) mass is 265 g/mol. The third kappa shape index (κ3) is 4.60. The number of nitrogen functional groups attached to an aromatic ring is 1.